The summed E-state index contributed by atoms with van der Waals surface area (Å²) >= 11 is 0. The summed E-state index contributed by atoms with van der Waals surface area (Å²) in [7, 11) is 1.88. The van der Waals surface area contributed by atoms with E-state index in [1.165, 1.54) is 12.1 Å². The molecule has 0 amide bonds. The second kappa shape index (κ2) is 6.03. The second-order valence-corrected chi connectivity index (χ2v) is 6.46. The normalized spacial score (nSPS) is 19.6. The van der Waals surface area contributed by atoms with Crippen molar-refractivity contribution in [2.75, 3.05) is 7.05 Å². The maximum absolute atomic E-state index is 13.2. The Hall–Kier alpha value is -1.97. The molecule has 2 N–H and O–H groups in total. The molecule has 1 unspecified atom stereocenters. The molecule has 4 heteroatoms. The summed E-state index contributed by atoms with van der Waals surface area (Å²) in [4.78, 5) is 1.94. The number of likely N-dealkylation sites (N-methyl/N-ethyl adjacent to an activating group) is 1. The third-order valence-corrected chi connectivity index (χ3v) is 4.12. The molecule has 1 aromatic rings. The third kappa shape index (κ3) is 2.70. The molecule has 0 saturated carbocycles. The predicted molar refractivity (Wildman–Crippen MR) is 86.8 cm³/mol. The van der Waals surface area contributed by atoms with Gasteiger partial charge in [-0.3, -0.25) is 0 Å². The Morgan fingerprint density at radius 3 is 2.05 bits per heavy atom. The number of benzene rings is 1. The second-order valence-electron chi connectivity index (χ2n) is 6.46. The molecule has 0 bridgehead atoms. The maximum atomic E-state index is 13.2. The van der Waals surface area contributed by atoms with Gasteiger partial charge in [-0.2, -0.15) is 0 Å². The summed E-state index contributed by atoms with van der Waals surface area (Å²) in [5.41, 5.74) is 1.81. The molecular weight excluding hydrogens is 281 g/mol. The molecule has 0 spiro atoms. The van der Waals surface area contributed by atoms with Crippen LogP contribution in [-0.4, -0.2) is 28.2 Å². The smallest absolute Gasteiger partial charge is 0.146 e. The van der Waals surface area contributed by atoms with Crippen LogP contribution in [0.15, 0.2) is 41.5 Å². The zero-order valence-corrected chi connectivity index (χ0v) is 13.8. The van der Waals surface area contributed by atoms with Gasteiger partial charge in [-0.15, -0.1) is 0 Å². The molecule has 1 aliphatic heterocycles. The number of rotatable bonds is 3. The molecule has 0 aromatic heterocycles. The highest BCUT2D eigenvalue weighted by atomic mass is 19.1. The first-order valence-electron chi connectivity index (χ1n) is 7.61. The standard InChI is InChI=1S/C18H24FNO2/c1-10(2)15-17(21)14(12-6-8-13(19)9-7-12)18(22)16(11(3)4)20(15)5/h6-11,15,21-22H,1-5H3. The predicted octanol–water partition coefficient (Wildman–Crippen LogP) is 4.49. The van der Waals surface area contributed by atoms with Crippen LogP contribution in [-0.2, 0) is 0 Å². The highest BCUT2D eigenvalue weighted by Gasteiger charge is 2.36. The van der Waals surface area contributed by atoms with Gasteiger partial charge in [-0.05, 0) is 29.5 Å². The zero-order valence-electron chi connectivity index (χ0n) is 13.8. The Balaban J connectivity index is 2.67. The van der Waals surface area contributed by atoms with Gasteiger partial charge in [0.15, 0.2) is 0 Å². The molecule has 120 valence electrons. The van der Waals surface area contributed by atoms with Gasteiger partial charge in [0.2, 0.25) is 0 Å². The van der Waals surface area contributed by atoms with Crippen LogP contribution in [0.3, 0.4) is 0 Å². The number of nitrogens with zero attached hydrogens (tertiary/aromatic N) is 1. The summed E-state index contributed by atoms with van der Waals surface area (Å²) < 4.78 is 13.2. The molecule has 1 atom stereocenters. The molecule has 3 nitrogen and oxygen atoms in total. The third-order valence-electron chi connectivity index (χ3n) is 4.12. The van der Waals surface area contributed by atoms with Crippen molar-refractivity contribution in [1.82, 2.24) is 4.90 Å². The quantitative estimate of drug-likeness (QED) is 0.864. The summed E-state index contributed by atoms with van der Waals surface area (Å²) in [6.45, 7) is 8.06. The van der Waals surface area contributed by atoms with Crippen molar-refractivity contribution in [3.05, 3.63) is 52.9 Å². The SMILES string of the molecule is CC(C)C1=C(O)C(c2ccc(F)cc2)=C(O)C(C(C)C)N1C. The van der Waals surface area contributed by atoms with Crippen molar-refractivity contribution in [3.8, 4) is 0 Å². The monoisotopic (exact) mass is 305 g/mol. The van der Waals surface area contributed by atoms with Gasteiger partial charge in [-0.1, -0.05) is 39.8 Å². The van der Waals surface area contributed by atoms with Crippen LogP contribution in [0.4, 0.5) is 4.39 Å². The van der Waals surface area contributed by atoms with Crippen LogP contribution >= 0.6 is 0 Å². The summed E-state index contributed by atoms with van der Waals surface area (Å²) in [6, 6.07) is 5.62. The Morgan fingerprint density at radius 1 is 1.05 bits per heavy atom. The van der Waals surface area contributed by atoms with Crippen LogP contribution in [0.5, 0.6) is 0 Å². The van der Waals surface area contributed by atoms with Crippen LogP contribution in [0, 0.1) is 17.7 Å². The Bertz CT molecular complexity index is 614. The summed E-state index contributed by atoms with van der Waals surface area (Å²) in [5.74, 6) is 0.131. The molecule has 1 aliphatic rings. The van der Waals surface area contributed by atoms with E-state index in [4.69, 9.17) is 0 Å². The van der Waals surface area contributed by atoms with Crippen molar-refractivity contribution in [2.24, 2.45) is 11.8 Å². The van der Waals surface area contributed by atoms with Crippen molar-refractivity contribution < 1.29 is 14.6 Å². The molecule has 1 heterocycles. The first kappa shape index (κ1) is 16.4. The lowest BCUT2D eigenvalue weighted by Crippen LogP contribution is -2.42. The molecule has 0 aliphatic carbocycles. The van der Waals surface area contributed by atoms with E-state index in [0.717, 1.165) is 5.70 Å². The van der Waals surface area contributed by atoms with Gasteiger partial charge in [0.05, 0.1) is 17.3 Å². The van der Waals surface area contributed by atoms with Crippen LogP contribution < -0.4 is 0 Å². The summed E-state index contributed by atoms with van der Waals surface area (Å²) in [6.07, 6.45) is 0. The number of aliphatic hydroxyl groups excluding tert-OH is 2. The Kier molecular flexibility index (Phi) is 4.50. The molecule has 1 aromatic carbocycles. The van der Waals surface area contributed by atoms with Gasteiger partial charge in [0, 0.05) is 7.05 Å². The summed E-state index contributed by atoms with van der Waals surface area (Å²) in [5, 5.41) is 21.4. The van der Waals surface area contributed by atoms with Crippen molar-refractivity contribution in [3.63, 3.8) is 0 Å². The average Bonchev–Trinajstić information content (AvgIpc) is 2.39. The van der Waals surface area contributed by atoms with E-state index in [-0.39, 0.29) is 35.2 Å². The van der Waals surface area contributed by atoms with Crippen LogP contribution in [0.1, 0.15) is 33.3 Å². The number of aliphatic hydroxyl groups is 2. The van der Waals surface area contributed by atoms with Crippen molar-refractivity contribution in [1.29, 1.82) is 0 Å². The van der Waals surface area contributed by atoms with E-state index < -0.39 is 0 Å². The van der Waals surface area contributed by atoms with Crippen LogP contribution in [0.2, 0.25) is 0 Å². The first-order chi connectivity index (χ1) is 10.3. The highest BCUT2D eigenvalue weighted by Crippen LogP contribution is 2.39. The van der Waals surface area contributed by atoms with E-state index >= 15 is 0 Å². The van der Waals surface area contributed by atoms with Gasteiger partial charge < -0.3 is 15.1 Å². The van der Waals surface area contributed by atoms with E-state index in [1.807, 2.05) is 39.6 Å². The number of allylic oxidation sites excluding steroid dienone is 2. The van der Waals surface area contributed by atoms with Gasteiger partial charge in [0.1, 0.15) is 17.3 Å². The molecule has 2 rings (SSSR count). The van der Waals surface area contributed by atoms with Gasteiger partial charge in [-0.25, -0.2) is 4.39 Å². The highest BCUT2D eigenvalue weighted by molar-refractivity contribution is 5.80. The largest absolute Gasteiger partial charge is 0.509 e. The first-order valence-corrected chi connectivity index (χ1v) is 7.61. The average molecular weight is 305 g/mol. The molecule has 22 heavy (non-hydrogen) atoms. The Morgan fingerprint density at radius 2 is 1.59 bits per heavy atom. The fourth-order valence-electron chi connectivity index (χ4n) is 3.24. The molecule has 0 saturated heterocycles. The van der Waals surface area contributed by atoms with E-state index in [0.29, 0.717) is 11.1 Å². The van der Waals surface area contributed by atoms with E-state index in [9.17, 15) is 14.6 Å². The van der Waals surface area contributed by atoms with E-state index in [1.54, 1.807) is 12.1 Å². The number of halogens is 1. The zero-order chi connectivity index (χ0) is 16.6. The lowest BCUT2D eigenvalue weighted by molar-refractivity contribution is 0.174. The van der Waals surface area contributed by atoms with Crippen molar-refractivity contribution in [2.45, 2.75) is 33.7 Å². The minimum atomic E-state index is -0.343. The minimum Gasteiger partial charge on any atom is -0.509 e. The van der Waals surface area contributed by atoms with Gasteiger partial charge in [0.25, 0.3) is 0 Å². The number of hydrogen-bond donors (Lipinski definition) is 2. The topological polar surface area (TPSA) is 43.7 Å². The molecule has 0 fully saturated rings. The van der Waals surface area contributed by atoms with Crippen molar-refractivity contribution >= 4 is 5.57 Å². The molecule has 0 radical (unpaired) electrons. The fourth-order valence-corrected chi connectivity index (χ4v) is 3.24. The van der Waals surface area contributed by atoms with Gasteiger partial charge >= 0.3 is 0 Å². The maximum Gasteiger partial charge on any atom is 0.146 e. The number of hydrogen-bond acceptors (Lipinski definition) is 3. The fraction of sp³-hybridized carbons (Fsp3) is 0.444. The lowest BCUT2D eigenvalue weighted by atomic mass is 9.87. The van der Waals surface area contributed by atoms with Crippen LogP contribution in [0.25, 0.3) is 5.57 Å². The Labute approximate surface area is 131 Å². The minimum absolute atomic E-state index is 0.0681. The molecular formula is C18H24FNO2. The lowest BCUT2D eigenvalue weighted by Gasteiger charge is -2.40. The van der Waals surface area contributed by atoms with E-state index in [2.05, 4.69) is 0 Å².